The van der Waals surface area contributed by atoms with Gasteiger partial charge in [-0.05, 0) is 62.6 Å². The second-order valence-corrected chi connectivity index (χ2v) is 7.44. The first-order valence-corrected chi connectivity index (χ1v) is 8.12. The van der Waals surface area contributed by atoms with Gasteiger partial charge in [0.25, 0.3) is 5.91 Å². The van der Waals surface area contributed by atoms with E-state index in [9.17, 15) is 4.79 Å². The van der Waals surface area contributed by atoms with Crippen LogP contribution in [0.3, 0.4) is 0 Å². The fourth-order valence-corrected chi connectivity index (χ4v) is 3.36. The molecular weight excluding hydrogens is 274 g/mol. The van der Waals surface area contributed by atoms with Crippen molar-refractivity contribution in [2.24, 2.45) is 5.41 Å². The highest BCUT2D eigenvalue weighted by atomic mass is 16.1. The summed E-state index contributed by atoms with van der Waals surface area (Å²) < 4.78 is 0. The molecule has 0 bridgehead atoms. The lowest BCUT2D eigenvalue weighted by molar-refractivity contribution is 0.0905. The third-order valence-corrected chi connectivity index (χ3v) is 4.85. The van der Waals surface area contributed by atoms with Crippen LogP contribution in [0.5, 0.6) is 0 Å². The normalized spacial score (nSPS) is 18.5. The van der Waals surface area contributed by atoms with Gasteiger partial charge in [0, 0.05) is 17.1 Å². The van der Waals surface area contributed by atoms with Gasteiger partial charge in [0.05, 0.1) is 0 Å². The fraction of sp³-hybridized carbons (Fsp3) is 0.556. The fourth-order valence-electron chi connectivity index (χ4n) is 3.36. The molecule has 4 heteroatoms. The summed E-state index contributed by atoms with van der Waals surface area (Å²) in [6.07, 6.45) is 4.47. The molecule has 4 nitrogen and oxygen atoms in total. The number of aromatic nitrogens is 2. The van der Waals surface area contributed by atoms with Crippen molar-refractivity contribution in [1.82, 2.24) is 15.3 Å². The van der Waals surface area contributed by atoms with Crippen molar-refractivity contribution in [3.05, 3.63) is 29.1 Å². The largest absolute Gasteiger partial charge is 0.348 e. The molecule has 22 heavy (non-hydrogen) atoms. The first-order chi connectivity index (χ1) is 10.3. The number of H-pyrrole nitrogens is 1. The Labute approximate surface area is 131 Å². The number of nitrogens with zero attached hydrogens (tertiary/aromatic N) is 1. The molecule has 0 unspecified atom stereocenters. The Kier molecular flexibility index (Phi) is 3.71. The van der Waals surface area contributed by atoms with E-state index in [1.54, 1.807) is 0 Å². The van der Waals surface area contributed by atoms with E-state index in [0.717, 1.165) is 35.1 Å². The predicted molar refractivity (Wildman–Crippen MR) is 89.1 cm³/mol. The molecule has 0 aliphatic heterocycles. The van der Waals surface area contributed by atoms with Crippen LogP contribution in [-0.2, 0) is 0 Å². The highest BCUT2D eigenvalue weighted by Gasteiger charge is 2.28. The van der Waals surface area contributed by atoms with E-state index in [-0.39, 0.29) is 5.91 Å². The Hall–Kier alpha value is -1.84. The quantitative estimate of drug-likeness (QED) is 0.884. The Morgan fingerprint density at radius 3 is 2.64 bits per heavy atom. The number of carbonyl (C=O) groups is 1. The number of aromatic amines is 1. The Morgan fingerprint density at radius 2 is 1.95 bits per heavy atom. The predicted octanol–water partition coefficient (Wildman–Crippen LogP) is 3.88. The van der Waals surface area contributed by atoms with Gasteiger partial charge in [0.1, 0.15) is 11.3 Å². The number of aryl methyl sites for hydroxylation is 2. The Morgan fingerprint density at radius 1 is 1.27 bits per heavy atom. The molecule has 0 saturated heterocycles. The molecule has 1 aliphatic rings. The number of rotatable bonds is 2. The SMILES string of the molecule is Cc1cc(C)c2cc(C(=O)NC3CCC(C)(C)CC3)[nH]c2n1. The van der Waals surface area contributed by atoms with E-state index in [2.05, 4.69) is 36.1 Å². The standard InChI is InChI=1S/C18H25N3O/c1-11-9-12(2)19-16-14(11)10-15(21-16)17(22)20-13-5-7-18(3,4)8-6-13/h9-10,13H,5-8H2,1-4H3,(H,19,21)(H,20,22). The van der Waals surface area contributed by atoms with E-state index in [1.807, 2.05) is 19.1 Å². The first-order valence-electron chi connectivity index (χ1n) is 8.12. The highest BCUT2D eigenvalue weighted by Crippen LogP contribution is 2.35. The second kappa shape index (κ2) is 5.41. The summed E-state index contributed by atoms with van der Waals surface area (Å²) >= 11 is 0. The van der Waals surface area contributed by atoms with Crippen LogP contribution in [0.15, 0.2) is 12.1 Å². The second-order valence-electron chi connectivity index (χ2n) is 7.44. The van der Waals surface area contributed by atoms with Crippen molar-refractivity contribution in [1.29, 1.82) is 0 Å². The average molecular weight is 299 g/mol. The van der Waals surface area contributed by atoms with Gasteiger partial charge in [-0.25, -0.2) is 4.98 Å². The number of fused-ring (bicyclic) bond motifs is 1. The van der Waals surface area contributed by atoms with Crippen LogP contribution in [0.1, 0.15) is 61.3 Å². The van der Waals surface area contributed by atoms with E-state index >= 15 is 0 Å². The Balaban J connectivity index is 1.74. The van der Waals surface area contributed by atoms with E-state index < -0.39 is 0 Å². The van der Waals surface area contributed by atoms with Crippen LogP contribution in [0.2, 0.25) is 0 Å². The zero-order valence-corrected chi connectivity index (χ0v) is 13.9. The molecule has 2 aromatic heterocycles. The molecule has 1 amide bonds. The van der Waals surface area contributed by atoms with Crippen LogP contribution >= 0.6 is 0 Å². The zero-order chi connectivity index (χ0) is 15.9. The minimum Gasteiger partial charge on any atom is -0.348 e. The molecule has 0 spiro atoms. The molecule has 2 N–H and O–H groups in total. The maximum absolute atomic E-state index is 12.5. The van der Waals surface area contributed by atoms with Crippen molar-refractivity contribution < 1.29 is 4.79 Å². The van der Waals surface area contributed by atoms with Gasteiger partial charge in [-0.1, -0.05) is 13.8 Å². The smallest absolute Gasteiger partial charge is 0.267 e. The topological polar surface area (TPSA) is 57.8 Å². The van der Waals surface area contributed by atoms with Crippen molar-refractivity contribution in [2.45, 2.75) is 59.4 Å². The van der Waals surface area contributed by atoms with Gasteiger partial charge in [-0.15, -0.1) is 0 Å². The molecule has 3 rings (SSSR count). The summed E-state index contributed by atoms with van der Waals surface area (Å²) in [4.78, 5) is 20.1. The van der Waals surface area contributed by atoms with Crippen LogP contribution in [0.25, 0.3) is 11.0 Å². The summed E-state index contributed by atoms with van der Waals surface area (Å²) in [5, 5.41) is 4.20. The lowest BCUT2D eigenvalue weighted by atomic mass is 9.75. The number of nitrogens with one attached hydrogen (secondary N) is 2. The minimum absolute atomic E-state index is 0.0141. The summed E-state index contributed by atoms with van der Waals surface area (Å²) in [6.45, 7) is 8.63. The molecular formula is C18H25N3O. The Bertz CT molecular complexity index is 704. The molecule has 1 saturated carbocycles. The number of carbonyl (C=O) groups excluding carboxylic acids is 1. The number of hydrogen-bond acceptors (Lipinski definition) is 2. The molecule has 0 aromatic carbocycles. The summed E-state index contributed by atoms with van der Waals surface area (Å²) in [5.74, 6) is -0.0141. The van der Waals surface area contributed by atoms with Gasteiger partial charge in [-0.2, -0.15) is 0 Å². The molecule has 2 heterocycles. The first kappa shape index (κ1) is 15.1. The van der Waals surface area contributed by atoms with Crippen LogP contribution in [0, 0.1) is 19.3 Å². The van der Waals surface area contributed by atoms with Gasteiger partial charge < -0.3 is 10.3 Å². The molecule has 0 atom stereocenters. The molecule has 1 fully saturated rings. The van der Waals surface area contributed by atoms with Crippen LogP contribution in [0.4, 0.5) is 0 Å². The van der Waals surface area contributed by atoms with Crippen LogP contribution in [-0.4, -0.2) is 21.9 Å². The average Bonchev–Trinajstić information content (AvgIpc) is 2.85. The maximum atomic E-state index is 12.5. The maximum Gasteiger partial charge on any atom is 0.267 e. The minimum atomic E-state index is -0.0141. The third-order valence-electron chi connectivity index (χ3n) is 4.85. The van der Waals surface area contributed by atoms with Gasteiger partial charge in [0.2, 0.25) is 0 Å². The van der Waals surface area contributed by atoms with E-state index in [4.69, 9.17) is 0 Å². The summed E-state index contributed by atoms with van der Waals surface area (Å²) in [5.41, 5.74) is 3.94. The molecule has 118 valence electrons. The third kappa shape index (κ3) is 3.01. The lowest BCUT2D eigenvalue weighted by Gasteiger charge is -2.34. The number of pyridine rings is 1. The lowest BCUT2D eigenvalue weighted by Crippen LogP contribution is -2.39. The number of amides is 1. The van der Waals surface area contributed by atoms with Gasteiger partial charge >= 0.3 is 0 Å². The van der Waals surface area contributed by atoms with E-state index in [0.29, 0.717) is 17.2 Å². The highest BCUT2D eigenvalue weighted by molar-refractivity contribution is 5.98. The van der Waals surface area contributed by atoms with Gasteiger partial charge in [-0.3, -0.25) is 4.79 Å². The van der Waals surface area contributed by atoms with Gasteiger partial charge in [0.15, 0.2) is 0 Å². The summed E-state index contributed by atoms with van der Waals surface area (Å²) in [6, 6.07) is 4.25. The molecule has 0 radical (unpaired) electrons. The van der Waals surface area contributed by atoms with Crippen molar-refractivity contribution in [3.63, 3.8) is 0 Å². The monoisotopic (exact) mass is 299 g/mol. The van der Waals surface area contributed by atoms with Crippen LogP contribution < -0.4 is 5.32 Å². The van der Waals surface area contributed by atoms with E-state index in [1.165, 1.54) is 12.8 Å². The van der Waals surface area contributed by atoms with Crippen molar-refractivity contribution >= 4 is 16.9 Å². The number of hydrogen-bond donors (Lipinski definition) is 2. The summed E-state index contributed by atoms with van der Waals surface area (Å²) in [7, 11) is 0. The molecule has 1 aliphatic carbocycles. The van der Waals surface area contributed by atoms with Crippen molar-refractivity contribution in [2.75, 3.05) is 0 Å². The zero-order valence-electron chi connectivity index (χ0n) is 13.9. The molecule has 2 aromatic rings. The van der Waals surface area contributed by atoms with Crippen molar-refractivity contribution in [3.8, 4) is 0 Å².